The van der Waals surface area contributed by atoms with Gasteiger partial charge in [-0.15, -0.1) is 11.8 Å². The summed E-state index contributed by atoms with van der Waals surface area (Å²) in [6.07, 6.45) is 2.99. The Morgan fingerprint density at radius 3 is 2.52 bits per heavy atom. The Kier molecular flexibility index (Phi) is 6.79. The molecule has 1 saturated heterocycles. The van der Waals surface area contributed by atoms with Gasteiger partial charge in [0, 0.05) is 23.7 Å². The van der Waals surface area contributed by atoms with Gasteiger partial charge >= 0.3 is 0 Å². The molecule has 1 aliphatic rings. The van der Waals surface area contributed by atoms with Crippen LogP contribution < -0.4 is 0 Å². The van der Waals surface area contributed by atoms with Crippen LogP contribution in [-0.4, -0.2) is 46.6 Å². The van der Waals surface area contributed by atoms with Crippen molar-refractivity contribution in [1.29, 1.82) is 0 Å². The van der Waals surface area contributed by atoms with Gasteiger partial charge in [-0.1, -0.05) is 30.3 Å². The Labute approximate surface area is 154 Å². The number of rotatable bonds is 7. The van der Waals surface area contributed by atoms with Crippen LogP contribution in [0.3, 0.4) is 0 Å². The summed E-state index contributed by atoms with van der Waals surface area (Å²) < 4.78 is 0. The Morgan fingerprint density at radius 1 is 1.04 bits per heavy atom. The number of aryl methyl sites for hydroxylation is 1. The number of β-amino-alcohol motifs (C(OH)–C–C–N with tert-alkyl or cyclic N) is 1. The molecule has 1 heterocycles. The van der Waals surface area contributed by atoms with Crippen molar-refractivity contribution >= 4 is 11.8 Å². The first-order chi connectivity index (χ1) is 12.2. The highest BCUT2D eigenvalue weighted by Crippen LogP contribution is 2.25. The van der Waals surface area contributed by atoms with Crippen LogP contribution in [0.25, 0.3) is 0 Å². The smallest absolute Gasteiger partial charge is 0.115 e. The zero-order valence-electron chi connectivity index (χ0n) is 14.6. The highest BCUT2D eigenvalue weighted by Gasteiger charge is 2.26. The van der Waals surface area contributed by atoms with Crippen molar-refractivity contribution in [3.05, 3.63) is 60.2 Å². The topological polar surface area (TPSA) is 43.7 Å². The lowest BCUT2D eigenvalue weighted by molar-refractivity contribution is 0.0212. The van der Waals surface area contributed by atoms with Crippen LogP contribution in [0.2, 0.25) is 0 Å². The standard InChI is InChI=1S/C21H27NO2S/c23-19-8-10-20(11-9-19)25-15-14-22-13-12-18(21(24)16-22)7-6-17-4-2-1-3-5-17/h1-5,8-11,18,21,23-24H,6-7,12-16H2. The number of aliphatic hydroxyl groups excluding tert-OH is 1. The van der Waals surface area contributed by atoms with E-state index in [2.05, 4.69) is 29.2 Å². The quantitative estimate of drug-likeness (QED) is 0.740. The minimum absolute atomic E-state index is 0.212. The molecule has 1 aliphatic heterocycles. The summed E-state index contributed by atoms with van der Waals surface area (Å²) in [7, 11) is 0. The second kappa shape index (κ2) is 9.27. The molecule has 134 valence electrons. The van der Waals surface area contributed by atoms with Crippen molar-refractivity contribution in [1.82, 2.24) is 4.90 Å². The van der Waals surface area contributed by atoms with Gasteiger partial charge in [0.2, 0.25) is 0 Å². The summed E-state index contributed by atoms with van der Waals surface area (Å²) in [6.45, 7) is 2.86. The van der Waals surface area contributed by atoms with E-state index in [4.69, 9.17) is 0 Å². The SMILES string of the molecule is Oc1ccc(SCCN2CCC(CCc3ccccc3)C(O)C2)cc1. The fourth-order valence-electron chi connectivity index (χ4n) is 3.42. The molecule has 3 nitrogen and oxygen atoms in total. The fraction of sp³-hybridized carbons (Fsp3) is 0.429. The normalized spacial score (nSPS) is 21.3. The van der Waals surface area contributed by atoms with E-state index in [1.165, 1.54) is 10.5 Å². The monoisotopic (exact) mass is 357 g/mol. The number of nitrogens with zero attached hydrogens (tertiary/aromatic N) is 1. The maximum atomic E-state index is 10.5. The molecule has 2 unspecified atom stereocenters. The third-order valence-corrected chi connectivity index (χ3v) is 5.96. The van der Waals surface area contributed by atoms with Crippen LogP contribution in [-0.2, 0) is 6.42 Å². The number of thioether (sulfide) groups is 1. The Bertz CT molecular complexity index is 632. The number of benzene rings is 2. The van der Waals surface area contributed by atoms with Crippen LogP contribution in [0.5, 0.6) is 5.75 Å². The summed E-state index contributed by atoms with van der Waals surface area (Å²) in [5.41, 5.74) is 1.36. The molecule has 0 radical (unpaired) electrons. The zero-order valence-corrected chi connectivity index (χ0v) is 15.4. The van der Waals surface area contributed by atoms with Gasteiger partial charge in [0.25, 0.3) is 0 Å². The highest BCUT2D eigenvalue weighted by atomic mass is 32.2. The van der Waals surface area contributed by atoms with E-state index in [1.54, 1.807) is 23.9 Å². The molecule has 4 heteroatoms. The lowest BCUT2D eigenvalue weighted by Crippen LogP contribution is -2.44. The van der Waals surface area contributed by atoms with Crippen molar-refractivity contribution in [3.63, 3.8) is 0 Å². The number of piperidine rings is 1. The Balaban J connectivity index is 1.37. The second-order valence-corrected chi connectivity index (χ2v) is 7.95. The number of aromatic hydroxyl groups is 1. The minimum Gasteiger partial charge on any atom is -0.508 e. The van der Waals surface area contributed by atoms with E-state index >= 15 is 0 Å². The summed E-state index contributed by atoms with van der Waals surface area (Å²) in [6, 6.07) is 17.9. The number of phenolic OH excluding ortho intramolecular Hbond substituents is 1. The summed E-state index contributed by atoms with van der Waals surface area (Å²) in [5.74, 6) is 1.73. The maximum absolute atomic E-state index is 10.5. The van der Waals surface area contributed by atoms with Gasteiger partial charge in [0.05, 0.1) is 6.10 Å². The van der Waals surface area contributed by atoms with Crippen LogP contribution in [0, 0.1) is 5.92 Å². The molecule has 0 bridgehead atoms. The number of phenols is 1. The molecular weight excluding hydrogens is 330 g/mol. The zero-order chi connectivity index (χ0) is 17.5. The van der Waals surface area contributed by atoms with E-state index in [-0.39, 0.29) is 6.10 Å². The van der Waals surface area contributed by atoms with Gasteiger partial charge in [0.15, 0.2) is 0 Å². The molecule has 25 heavy (non-hydrogen) atoms. The number of hydrogen-bond donors (Lipinski definition) is 2. The summed E-state index contributed by atoms with van der Waals surface area (Å²) >= 11 is 1.80. The lowest BCUT2D eigenvalue weighted by Gasteiger charge is -2.36. The van der Waals surface area contributed by atoms with Crippen LogP contribution in [0.15, 0.2) is 59.5 Å². The predicted molar refractivity (Wildman–Crippen MR) is 104 cm³/mol. The molecule has 0 aromatic heterocycles. The van der Waals surface area contributed by atoms with Gasteiger partial charge in [-0.2, -0.15) is 0 Å². The second-order valence-electron chi connectivity index (χ2n) is 6.78. The molecule has 2 atom stereocenters. The summed E-state index contributed by atoms with van der Waals surface area (Å²) in [5, 5.41) is 19.8. The van der Waals surface area contributed by atoms with Gasteiger partial charge < -0.3 is 10.2 Å². The van der Waals surface area contributed by atoms with Crippen LogP contribution in [0.1, 0.15) is 18.4 Å². The molecule has 2 aromatic rings. The van der Waals surface area contributed by atoms with Gasteiger partial charge in [-0.25, -0.2) is 0 Å². The Morgan fingerprint density at radius 2 is 1.80 bits per heavy atom. The molecule has 3 rings (SSSR count). The molecule has 0 saturated carbocycles. The molecule has 0 amide bonds. The predicted octanol–water partition coefficient (Wildman–Crippen LogP) is 3.80. The molecule has 1 fully saturated rings. The third kappa shape index (κ3) is 5.77. The summed E-state index contributed by atoms with van der Waals surface area (Å²) in [4.78, 5) is 3.55. The molecule has 2 N–H and O–H groups in total. The first-order valence-corrected chi connectivity index (χ1v) is 10.1. The van der Waals surface area contributed by atoms with Crippen LogP contribution in [0.4, 0.5) is 0 Å². The third-order valence-electron chi connectivity index (χ3n) is 4.97. The number of aliphatic hydroxyl groups is 1. The molecular formula is C21H27NO2S. The largest absolute Gasteiger partial charge is 0.508 e. The van der Waals surface area contributed by atoms with Crippen molar-refractivity contribution in [3.8, 4) is 5.75 Å². The van der Waals surface area contributed by atoms with Gasteiger partial charge in [-0.05, 0) is 61.6 Å². The van der Waals surface area contributed by atoms with Crippen molar-refractivity contribution < 1.29 is 10.2 Å². The van der Waals surface area contributed by atoms with E-state index in [0.717, 1.165) is 44.6 Å². The van der Waals surface area contributed by atoms with Gasteiger partial charge in [0.1, 0.15) is 5.75 Å². The maximum Gasteiger partial charge on any atom is 0.115 e. The van der Waals surface area contributed by atoms with E-state index in [9.17, 15) is 10.2 Å². The van der Waals surface area contributed by atoms with Gasteiger partial charge in [-0.3, -0.25) is 4.90 Å². The Hall–Kier alpha value is -1.49. The van der Waals surface area contributed by atoms with E-state index < -0.39 is 0 Å². The molecule has 0 aliphatic carbocycles. The van der Waals surface area contributed by atoms with Crippen molar-refractivity contribution in [2.45, 2.75) is 30.3 Å². The average Bonchev–Trinajstić information content (AvgIpc) is 2.63. The first kappa shape index (κ1) is 18.3. The molecule has 2 aromatic carbocycles. The number of likely N-dealkylation sites (tertiary alicyclic amines) is 1. The van der Waals surface area contributed by atoms with E-state index in [1.807, 2.05) is 18.2 Å². The lowest BCUT2D eigenvalue weighted by atomic mass is 9.88. The molecule has 0 spiro atoms. The van der Waals surface area contributed by atoms with Crippen molar-refractivity contribution in [2.75, 3.05) is 25.4 Å². The first-order valence-electron chi connectivity index (χ1n) is 9.07. The highest BCUT2D eigenvalue weighted by molar-refractivity contribution is 7.99. The average molecular weight is 358 g/mol. The van der Waals surface area contributed by atoms with Crippen molar-refractivity contribution in [2.24, 2.45) is 5.92 Å². The van der Waals surface area contributed by atoms with Crippen LogP contribution >= 0.6 is 11.8 Å². The minimum atomic E-state index is -0.212. The number of hydrogen-bond acceptors (Lipinski definition) is 4. The fourth-order valence-corrected chi connectivity index (χ4v) is 4.33. The van der Waals surface area contributed by atoms with E-state index in [0.29, 0.717) is 11.7 Å².